The molecule has 0 bridgehead atoms. The zero-order valence-corrected chi connectivity index (χ0v) is 21.9. The molecule has 14 nitrogen and oxygen atoms in total. The summed E-state index contributed by atoms with van der Waals surface area (Å²) in [4.78, 5) is 36.1. The van der Waals surface area contributed by atoms with Gasteiger partial charge in [0.25, 0.3) is 5.91 Å². The molecule has 10 N–H and O–H groups in total. The molecule has 4 heterocycles. The van der Waals surface area contributed by atoms with E-state index in [-0.39, 0.29) is 42.5 Å². The monoisotopic (exact) mass is 541 g/mol. The van der Waals surface area contributed by atoms with Crippen LogP contribution in [0, 0.1) is 0 Å². The first kappa shape index (κ1) is 25.5. The zero-order valence-electron chi connectivity index (χ0n) is 21.9. The minimum atomic E-state index is -2.58. The Morgan fingerprint density at radius 1 is 1.21 bits per heavy atom. The van der Waals surface area contributed by atoms with Crippen molar-refractivity contribution >= 4 is 23.9 Å². The van der Waals surface area contributed by atoms with E-state index in [0.29, 0.717) is 17.9 Å². The van der Waals surface area contributed by atoms with Gasteiger partial charge in [-0.3, -0.25) is 4.79 Å². The summed E-state index contributed by atoms with van der Waals surface area (Å²) < 4.78 is 5.89. The number of benzene rings is 1. The van der Waals surface area contributed by atoms with Crippen molar-refractivity contribution in [1.82, 2.24) is 26.2 Å². The SMILES string of the molecule is CC1(C)CCOc2c(C(=O)NC3CN4C(N)=N[C@@H](CNC(=O)NC5CC5)C5N=C(N)NC54C3(O)O)cccc21. The summed E-state index contributed by atoms with van der Waals surface area (Å²) in [5, 5.41) is 34.6. The number of hydrogen-bond acceptors (Lipinski definition) is 11. The van der Waals surface area contributed by atoms with Gasteiger partial charge in [0, 0.05) is 24.7 Å². The number of rotatable bonds is 5. The van der Waals surface area contributed by atoms with Gasteiger partial charge in [-0.2, -0.15) is 0 Å². The van der Waals surface area contributed by atoms with Crippen molar-refractivity contribution in [3.05, 3.63) is 29.3 Å². The predicted octanol–water partition coefficient (Wildman–Crippen LogP) is -2.02. The molecule has 1 saturated carbocycles. The Morgan fingerprint density at radius 3 is 2.72 bits per heavy atom. The van der Waals surface area contributed by atoms with E-state index in [0.717, 1.165) is 24.8 Å². The number of carbonyl (C=O) groups is 2. The molecule has 4 atom stereocenters. The number of ether oxygens (including phenoxy) is 1. The quantitative estimate of drug-likeness (QED) is 0.193. The second kappa shape index (κ2) is 8.61. The van der Waals surface area contributed by atoms with Crippen molar-refractivity contribution in [3.8, 4) is 5.75 Å². The summed E-state index contributed by atoms with van der Waals surface area (Å²) >= 11 is 0. The molecule has 5 aliphatic rings. The lowest BCUT2D eigenvalue weighted by atomic mass is 9.79. The Labute approximate surface area is 225 Å². The molecule has 1 aromatic carbocycles. The zero-order chi connectivity index (χ0) is 27.7. The maximum absolute atomic E-state index is 13.5. The van der Waals surface area contributed by atoms with Crippen molar-refractivity contribution in [2.45, 2.75) is 74.1 Å². The fourth-order valence-electron chi connectivity index (χ4n) is 6.10. The average molecular weight is 542 g/mol. The van der Waals surface area contributed by atoms with Gasteiger partial charge in [-0.1, -0.05) is 26.0 Å². The molecule has 4 aliphatic heterocycles. The standard InChI is InChI=1S/C25H35N9O5/c1-23(2)8-9-39-17-13(4-3-5-14(17)23)19(35)31-16-11-34-21(27)30-15(10-28-22(36)29-12-6-7-12)18-24(34,25(16,37)38)33-20(26)32-18/h3-5,12,15-16,18,37-38H,6-11H2,1-2H3,(H2,27,30)(H,31,35)(H3,26,32,33)(H2,28,29,36)/t15-,16?,18?,24?/m0/s1. The third-order valence-electron chi connectivity index (χ3n) is 8.45. The molecule has 3 unspecified atom stereocenters. The molecule has 6 rings (SSSR count). The number of aliphatic imine (C=N–C) groups is 2. The molecular weight excluding hydrogens is 506 g/mol. The second-order valence-corrected chi connectivity index (χ2v) is 11.6. The highest BCUT2D eigenvalue weighted by Crippen LogP contribution is 2.45. The van der Waals surface area contributed by atoms with Gasteiger partial charge in [0.15, 0.2) is 17.6 Å². The molecule has 1 aliphatic carbocycles. The van der Waals surface area contributed by atoms with Crippen molar-refractivity contribution < 1.29 is 24.5 Å². The van der Waals surface area contributed by atoms with Gasteiger partial charge < -0.3 is 52.6 Å². The predicted molar refractivity (Wildman–Crippen MR) is 141 cm³/mol. The van der Waals surface area contributed by atoms with Crippen LogP contribution in [0.15, 0.2) is 28.2 Å². The smallest absolute Gasteiger partial charge is 0.315 e. The van der Waals surface area contributed by atoms with Crippen LogP contribution in [0.4, 0.5) is 4.79 Å². The number of nitrogens with one attached hydrogen (secondary N) is 4. The molecular formula is C25H35N9O5. The molecule has 210 valence electrons. The van der Waals surface area contributed by atoms with E-state index >= 15 is 0 Å². The van der Waals surface area contributed by atoms with Crippen LogP contribution in [-0.4, -0.2) is 94.3 Å². The van der Waals surface area contributed by atoms with Crippen LogP contribution in [0.5, 0.6) is 5.75 Å². The molecule has 39 heavy (non-hydrogen) atoms. The highest BCUT2D eigenvalue weighted by atomic mass is 16.5. The lowest BCUT2D eigenvalue weighted by Gasteiger charge is -2.49. The Kier molecular flexibility index (Phi) is 5.63. The van der Waals surface area contributed by atoms with E-state index in [4.69, 9.17) is 16.2 Å². The summed E-state index contributed by atoms with van der Waals surface area (Å²) in [5.74, 6) is -2.64. The molecule has 0 aromatic heterocycles. The van der Waals surface area contributed by atoms with E-state index in [1.54, 1.807) is 12.1 Å². The number of carbonyl (C=O) groups excluding carboxylic acids is 2. The lowest BCUT2D eigenvalue weighted by molar-refractivity contribution is -0.230. The Hall–Kier alpha value is -3.78. The molecule has 14 heteroatoms. The van der Waals surface area contributed by atoms with Gasteiger partial charge in [-0.05, 0) is 30.7 Å². The summed E-state index contributed by atoms with van der Waals surface area (Å²) in [6, 6.07) is 2.32. The number of para-hydroxylation sites is 1. The first-order valence-corrected chi connectivity index (χ1v) is 13.2. The molecule has 1 aromatic rings. The number of nitrogens with two attached hydrogens (primary N) is 2. The van der Waals surface area contributed by atoms with E-state index in [2.05, 4.69) is 45.1 Å². The third-order valence-corrected chi connectivity index (χ3v) is 8.45. The fourth-order valence-corrected chi connectivity index (χ4v) is 6.10. The van der Waals surface area contributed by atoms with E-state index in [1.165, 1.54) is 4.90 Å². The van der Waals surface area contributed by atoms with Crippen molar-refractivity contribution in [2.75, 3.05) is 19.7 Å². The number of hydrogen-bond donors (Lipinski definition) is 8. The number of urea groups is 1. The van der Waals surface area contributed by atoms with E-state index < -0.39 is 35.5 Å². The van der Waals surface area contributed by atoms with Crippen LogP contribution in [0.25, 0.3) is 0 Å². The van der Waals surface area contributed by atoms with Gasteiger partial charge in [-0.15, -0.1) is 0 Å². The largest absolute Gasteiger partial charge is 0.492 e. The van der Waals surface area contributed by atoms with Crippen LogP contribution in [0.3, 0.4) is 0 Å². The van der Waals surface area contributed by atoms with Gasteiger partial charge in [0.1, 0.15) is 17.8 Å². The highest BCUT2D eigenvalue weighted by molar-refractivity contribution is 5.98. The summed E-state index contributed by atoms with van der Waals surface area (Å²) in [6.45, 7) is 4.61. The normalized spacial score (nSPS) is 31.4. The van der Waals surface area contributed by atoms with E-state index in [1.807, 2.05) is 6.07 Å². The average Bonchev–Trinajstić information content (AvgIpc) is 3.56. The van der Waals surface area contributed by atoms with Gasteiger partial charge >= 0.3 is 6.03 Å². The minimum absolute atomic E-state index is 0.00412. The first-order valence-electron chi connectivity index (χ1n) is 13.2. The molecule has 2 fully saturated rings. The maximum atomic E-state index is 13.5. The van der Waals surface area contributed by atoms with E-state index in [9.17, 15) is 19.8 Å². The van der Waals surface area contributed by atoms with Crippen LogP contribution in [0.2, 0.25) is 0 Å². The number of amides is 3. The van der Waals surface area contributed by atoms with Crippen molar-refractivity contribution in [1.29, 1.82) is 0 Å². The lowest BCUT2D eigenvalue weighted by Crippen LogP contribution is -2.78. The number of fused-ring (bicyclic) bond motifs is 1. The van der Waals surface area contributed by atoms with Crippen LogP contribution >= 0.6 is 0 Å². The summed E-state index contributed by atoms with van der Waals surface area (Å²) in [5.41, 5.74) is 11.7. The van der Waals surface area contributed by atoms with Gasteiger partial charge in [0.2, 0.25) is 5.79 Å². The molecule has 1 saturated heterocycles. The Balaban J connectivity index is 1.26. The van der Waals surface area contributed by atoms with Gasteiger partial charge in [0.05, 0.1) is 18.2 Å². The Morgan fingerprint density at radius 2 is 1.97 bits per heavy atom. The topological polar surface area (TPSA) is 212 Å². The Bertz CT molecular complexity index is 1280. The fraction of sp³-hybridized carbons (Fsp3) is 0.600. The van der Waals surface area contributed by atoms with Crippen molar-refractivity contribution in [3.63, 3.8) is 0 Å². The maximum Gasteiger partial charge on any atom is 0.315 e. The highest BCUT2D eigenvalue weighted by Gasteiger charge is 2.73. The first-order chi connectivity index (χ1) is 18.4. The molecule has 0 radical (unpaired) electrons. The van der Waals surface area contributed by atoms with Crippen LogP contribution in [0.1, 0.15) is 49.0 Å². The number of aliphatic hydroxyl groups is 2. The van der Waals surface area contributed by atoms with Gasteiger partial charge in [-0.25, -0.2) is 14.8 Å². The summed E-state index contributed by atoms with van der Waals surface area (Å²) in [6.07, 6.45) is 2.69. The number of nitrogens with zero attached hydrogens (tertiary/aromatic N) is 3. The van der Waals surface area contributed by atoms with Crippen LogP contribution < -0.4 is 37.5 Å². The van der Waals surface area contributed by atoms with Crippen molar-refractivity contribution in [2.24, 2.45) is 21.5 Å². The molecule has 3 amide bonds. The van der Waals surface area contributed by atoms with Crippen LogP contribution in [-0.2, 0) is 5.41 Å². The minimum Gasteiger partial charge on any atom is -0.492 e. The third kappa shape index (κ3) is 3.92. The molecule has 1 spiro atoms. The summed E-state index contributed by atoms with van der Waals surface area (Å²) in [7, 11) is 0. The number of guanidine groups is 2. The second-order valence-electron chi connectivity index (χ2n) is 11.6.